The van der Waals surface area contributed by atoms with Crippen molar-refractivity contribution >= 4 is 11.3 Å². The third-order valence-electron chi connectivity index (χ3n) is 3.78. The SMILES string of the molecule is Cc1nc(C2CCCN2CC(O)COCc2cccs2)no1. The van der Waals surface area contributed by atoms with E-state index in [2.05, 4.69) is 15.0 Å². The van der Waals surface area contributed by atoms with Crippen LogP contribution in [0.2, 0.25) is 0 Å². The number of hydrogen-bond donors (Lipinski definition) is 1. The first-order chi connectivity index (χ1) is 10.7. The van der Waals surface area contributed by atoms with Gasteiger partial charge in [-0.05, 0) is 30.8 Å². The van der Waals surface area contributed by atoms with Crippen LogP contribution in [0, 0.1) is 6.92 Å². The third-order valence-corrected chi connectivity index (χ3v) is 4.63. The van der Waals surface area contributed by atoms with Crippen LogP contribution < -0.4 is 0 Å². The number of thiophene rings is 1. The van der Waals surface area contributed by atoms with E-state index in [1.54, 1.807) is 18.3 Å². The van der Waals surface area contributed by atoms with Gasteiger partial charge in [-0.25, -0.2) is 0 Å². The molecule has 0 saturated carbocycles. The maximum atomic E-state index is 10.2. The van der Waals surface area contributed by atoms with E-state index in [0.29, 0.717) is 25.6 Å². The topological polar surface area (TPSA) is 71.6 Å². The van der Waals surface area contributed by atoms with Gasteiger partial charge in [-0.1, -0.05) is 11.2 Å². The maximum Gasteiger partial charge on any atom is 0.223 e. The Labute approximate surface area is 133 Å². The van der Waals surface area contributed by atoms with Crippen LogP contribution in [-0.4, -0.2) is 45.9 Å². The van der Waals surface area contributed by atoms with Gasteiger partial charge in [0.25, 0.3) is 0 Å². The van der Waals surface area contributed by atoms with E-state index >= 15 is 0 Å². The number of rotatable bonds is 7. The van der Waals surface area contributed by atoms with Crippen molar-refractivity contribution in [3.05, 3.63) is 34.1 Å². The van der Waals surface area contributed by atoms with Crippen molar-refractivity contribution in [1.82, 2.24) is 15.0 Å². The first kappa shape index (κ1) is 15.6. The van der Waals surface area contributed by atoms with Crippen LogP contribution >= 0.6 is 11.3 Å². The summed E-state index contributed by atoms with van der Waals surface area (Å²) in [5, 5.41) is 16.2. The number of β-amino-alcohol motifs (C(OH)–C–C–N with tert-alkyl or cyclic N) is 1. The molecule has 1 aliphatic rings. The van der Waals surface area contributed by atoms with Gasteiger partial charge in [0.2, 0.25) is 5.89 Å². The first-order valence-electron chi connectivity index (χ1n) is 7.55. The van der Waals surface area contributed by atoms with Crippen molar-refractivity contribution in [2.45, 2.75) is 38.5 Å². The lowest BCUT2D eigenvalue weighted by atomic mass is 10.2. The van der Waals surface area contributed by atoms with E-state index in [1.807, 2.05) is 17.5 Å². The first-order valence-corrected chi connectivity index (χ1v) is 8.43. The van der Waals surface area contributed by atoms with E-state index in [9.17, 15) is 5.11 Å². The molecule has 2 aromatic heterocycles. The van der Waals surface area contributed by atoms with Crippen LogP contribution in [0.25, 0.3) is 0 Å². The summed E-state index contributed by atoms with van der Waals surface area (Å²) < 4.78 is 10.6. The molecule has 120 valence electrons. The second kappa shape index (κ2) is 7.32. The van der Waals surface area contributed by atoms with Crippen LogP contribution in [-0.2, 0) is 11.3 Å². The number of aromatic nitrogens is 2. The van der Waals surface area contributed by atoms with Crippen molar-refractivity contribution in [2.24, 2.45) is 0 Å². The summed E-state index contributed by atoms with van der Waals surface area (Å²) in [7, 11) is 0. The highest BCUT2D eigenvalue weighted by molar-refractivity contribution is 7.09. The van der Waals surface area contributed by atoms with E-state index in [0.717, 1.165) is 25.2 Å². The Morgan fingerprint density at radius 3 is 3.23 bits per heavy atom. The lowest BCUT2D eigenvalue weighted by Gasteiger charge is -2.24. The van der Waals surface area contributed by atoms with Gasteiger partial charge in [-0.2, -0.15) is 4.98 Å². The van der Waals surface area contributed by atoms with Crippen molar-refractivity contribution in [2.75, 3.05) is 19.7 Å². The lowest BCUT2D eigenvalue weighted by molar-refractivity contribution is 0.00785. The van der Waals surface area contributed by atoms with Crippen molar-refractivity contribution in [3.63, 3.8) is 0 Å². The molecule has 0 aliphatic carbocycles. The molecule has 1 saturated heterocycles. The van der Waals surface area contributed by atoms with Gasteiger partial charge in [-0.3, -0.25) is 4.90 Å². The largest absolute Gasteiger partial charge is 0.389 e. The Hall–Kier alpha value is -1.28. The number of hydrogen-bond acceptors (Lipinski definition) is 7. The highest BCUT2D eigenvalue weighted by Gasteiger charge is 2.30. The molecular weight excluding hydrogens is 302 g/mol. The summed E-state index contributed by atoms with van der Waals surface area (Å²) in [6.45, 7) is 4.21. The molecule has 3 heterocycles. The third kappa shape index (κ3) is 3.92. The summed E-state index contributed by atoms with van der Waals surface area (Å²) in [6.07, 6.45) is 1.58. The fourth-order valence-corrected chi connectivity index (χ4v) is 3.44. The van der Waals surface area contributed by atoms with Gasteiger partial charge in [0.05, 0.1) is 25.4 Å². The predicted molar refractivity (Wildman–Crippen MR) is 82.6 cm³/mol. The molecule has 22 heavy (non-hydrogen) atoms. The zero-order valence-electron chi connectivity index (χ0n) is 12.6. The Bertz CT molecular complexity index is 572. The molecule has 2 aromatic rings. The van der Waals surface area contributed by atoms with Crippen LogP contribution in [0.3, 0.4) is 0 Å². The van der Waals surface area contributed by atoms with Gasteiger partial charge < -0.3 is 14.4 Å². The fourth-order valence-electron chi connectivity index (χ4n) is 2.80. The normalized spacial score (nSPS) is 20.5. The van der Waals surface area contributed by atoms with Gasteiger partial charge in [-0.15, -0.1) is 11.3 Å². The van der Waals surface area contributed by atoms with Crippen LogP contribution in [0.1, 0.15) is 35.5 Å². The number of nitrogens with zero attached hydrogens (tertiary/aromatic N) is 3. The van der Waals surface area contributed by atoms with E-state index in [4.69, 9.17) is 9.26 Å². The molecule has 6 nitrogen and oxygen atoms in total. The molecule has 0 spiro atoms. The number of ether oxygens (including phenoxy) is 1. The zero-order valence-corrected chi connectivity index (χ0v) is 13.5. The molecular formula is C15H21N3O3S. The molecule has 0 radical (unpaired) electrons. The van der Waals surface area contributed by atoms with Crippen molar-refractivity contribution in [3.8, 4) is 0 Å². The van der Waals surface area contributed by atoms with Crippen molar-refractivity contribution < 1.29 is 14.4 Å². The van der Waals surface area contributed by atoms with Gasteiger partial charge in [0.1, 0.15) is 0 Å². The minimum Gasteiger partial charge on any atom is -0.389 e. The highest BCUT2D eigenvalue weighted by Crippen LogP contribution is 2.30. The molecule has 1 fully saturated rings. The summed E-state index contributed by atoms with van der Waals surface area (Å²) in [4.78, 5) is 7.70. The van der Waals surface area contributed by atoms with E-state index in [1.165, 1.54) is 4.88 Å². The second-order valence-corrected chi connectivity index (χ2v) is 6.61. The standard InChI is InChI=1S/C15H21N3O3S/c1-11-16-15(17-21-11)14-5-2-6-18(14)8-12(19)9-20-10-13-4-3-7-22-13/h3-4,7,12,14,19H,2,5-6,8-10H2,1H3. The molecule has 0 bridgehead atoms. The highest BCUT2D eigenvalue weighted by atomic mass is 32.1. The van der Waals surface area contributed by atoms with E-state index in [-0.39, 0.29) is 6.04 Å². The number of aryl methyl sites for hydroxylation is 1. The Morgan fingerprint density at radius 2 is 2.50 bits per heavy atom. The molecule has 2 unspecified atom stereocenters. The molecule has 1 aliphatic heterocycles. The number of likely N-dealkylation sites (tertiary alicyclic amines) is 1. The van der Waals surface area contributed by atoms with Gasteiger partial charge in [0, 0.05) is 18.3 Å². The minimum absolute atomic E-state index is 0.143. The van der Waals surface area contributed by atoms with Gasteiger partial charge in [0.15, 0.2) is 5.82 Å². The van der Waals surface area contributed by atoms with Crippen LogP contribution in [0.15, 0.2) is 22.0 Å². The fraction of sp³-hybridized carbons (Fsp3) is 0.600. The Morgan fingerprint density at radius 1 is 1.59 bits per heavy atom. The Balaban J connectivity index is 1.46. The average molecular weight is 323 g/mol. The quantitative estimate of drug-likeness (QED) is 0.842. The van der Waals surface area contributed by atoms with Crippen molar-refractivity contribution in [1.29, 1.82) is 0 Å². The van der Waals surface area contributed by atoms with Gasteiger partial charge >= 0.3 is 0 Å². The van der Waals surface area contributed by atoms with Crippen LogP contribution in [0.4, 0.5) is 0 Å². The smallest absolute Gasteiger partial charge is 0.223 e. The molecule has 2 atom stereocenters. The molecule has 0 amide bonds. The minimum atomic E-state index is -0.506. The van der Waals surface area contributed by atoms with E-state index < -0.39 is 6.10 Å². The Kier molecular flexibility index (Phi) is 5.20. The number of aliphatic hydroxyl groups is 1. The summed E-state index contributed by atoms with van der Waals surface area (Å²) in [6, 6.07) is 4.18. The average Bonchev–Trinajstić information content (AvgIpc) is 3.20. The number of aliphatic hydroxyl groups excluding tert-OH is 1. The summed E-state index contributed by atoms with van der Waals surface area (Å²) >= 11 is 1.66. The zero-order chi connectivity index (χ0) is 15.4. The molecule has 3 rings (SSSR count). The molecule has 0 aromatic carbocycles. The monoisotopic (exact) mass is 323 g/mol. The predicted octanol–water partition coefficient (Wildman–Crippen LogP) is 2.15. The molecule has 7 heteroatoms. The summed E-state index contributed by atoms with van der Waals surface area (Å²) in [5.74, 6) is 1.31. The lowest BCUT2D eigenvalue weighted by Crippen LogP contribution is -2.35. The summed E-state index contributed by atoms with van der Waals surface area (Å²) in [5.41, 5.74) is 0. The molecule has 1 N–H and O–H groups in total. The van der Waals surface area contributed by atoms with Crippen LogP contribution in [0.5, 0.6) is 0 Å². The maximum absolute atomic E-state index is 10.2. The second-order valence-electron chi connectivity index (χ2n) is 5.57.